The number of nitriles is 1. The summed E-state index contributed by atoms with van der Waals surface area (Å²) in [6, 6.07) is 6.56. The van der Waals surface area contributed by atoms with E-state index in [9.17, 15) is 0 Å². The normalized spacial score (nSPS) is 16.6. The number of imidazole rings is 1. The minimum absolute atomic E-state index is 0.118. The Morgan fingerprint density at radius 3 is 2.95 bits per heavy atom. The van der Waals surface area contributed by atoms with E-state index < -0.39 is 0 Å². The Labute approximate surface area is 125 Å². The standard InChI is InChI=1S/C17H22N4/c1-2-15-12-21-11-14(6-7-17(21)20-15)16(8-9-18)19-10-13-4-3-5-13/h6-7,11-13,16,19H,2-5,8,10H2,1H3. The van der Waals surface area contributed by atoms with E-state index in [0.717, 1.165) is 30.2 Å². The largest absolute Gasteiger partial charge is 0.309 e. The van der Waals surface area contributed by atoms with Gasteiger partial charge in [-0.1, -0.05) is 19.4 Å². The second-order valence-electron chi connectivity index (χ2n) is 5.93. The molecule has 2 aromatic rings. The van der Waals surface area contributed by atoms with E-state index in [4.69, 9.17) is 5.26 Å². The van der Waals surface area contributed by atoms with Gasteiger partial charge < -0.3 is 9.72 Å². The van der Waals surface area contributed by atoms with Gasteiger partial charge in [-0.15, -0.1) is 0 Å². The lowest BCUT2D eigenvalue weighted by Gasteiger charge is -2.28. The summed E-state index contributed by atoms with van der Waals surface area (Å²) in [4.78, 5) is 4.55. The predicted octanol–water partition coefficient (Wildman–Crippen LogP) is 3.24. The van der Waals surface area contributed by atoms with Crippen LogP contribution >= 0.6 is 0 Å². The van der Waals surface area contributed by atoms with Crippen molar-refractivity contribution in [2.24, 2.45) is 5.92 Å². The number of aryl methyl sites for hydroxylation is 1. The second kappa shape index (κ2) is 6.28. The van der Waals surface area contributed by atoms with Crippen LogP contribution in [0.25, 0.3) is 5.65 Å². The van der Waals surface area contributed by atoms with Gasteiger partial charge in [0.05, 0.1) is 18.2 Å². The minimum atomic E-state index is 0.118. The molecule has 2 heterocycles. The molecule has 1 N–H and O–H groups in total. The van der Waals surface area contributed by atoms with E-state index in [0.29, 0.717) is 6.42 Å². The maximum Gasteiger partial charge on any atom is 0.136 e. The van der Waals surface area contributed by atoms with Gasteiger partial charge in [0.25, 0.3) is 0 Å². The van der Waals surface area contributed by atoms with E-state index in [1.54, 1.807) is 0 Å². The highest BCUT2D eigenvalue weighted by molar-refractivity contribution is 5.42. The van der Waals surface area contributed by atoms with Crippen molar-refractivity contribution in [3.05, 3.63) is 35.8 Å². The Hall–Kier alpha value is -1.86. The Morgan fingerprint density at radius 1 is 1.43 bits per heavy atom. The number of nitrogens with one attached hydrogen (secondary N) is 1. The van der Waals surface area contributed by atoms with Crippen LogP contribution in [0.3, 0.4) is 0 Å². The molecule has 3 rings (SSSR count). The minimum Gasteiger partial charge on any atom is -0.309 e. The van der Waals surface area contributed by atoms with Crippen molar-refractivity contribution in [1.82, 2.24) is 14.7 Å². The fraction of sp³-hybridized carbons (Fsp3) is 0.529. The molecule has 4 heteroatoms. The molecule has 1 saturated carbocycles. The summed E-state index contributed by atoms with van der Waals surface area (Å²) in [5.74, 6) is 0.801. The van der Waals surface area contributed by atoms with E-state index >= 15 is 0 Å². The average molecular weight is 282 g/mol. The van der Waals surface area contributed by atoms with Crippen LogP contribution in [-0.4, -0.2) is 15.9 Å². The van der Waals surface area contributed by atoms with Crippen molar-refractivity contribution >= 4 is 5.65 Å². The van der Waals surface area contributed by atoms with E-state index in [-0.39, 0.29) is 6.04 Å². The average Bonchev–Trinajstić information content (AvgIpc) is 2.86. The maximum atomic E-state index is 9.08. The lowest BCUT2D eigenvalue weighted by atomic mass is 9.85. The fourth-order valence-corrected chi connectivity index (χ4v) is 2.84. The van der Waals surface area contributed by atoms with Gasteiger partial charge in [0.15, 0.2) is 0 Å². The zero-order valence-electron chi connectivity index (χ0n) is 12.5. The molecule has 4 nitrogen and oxygen atoms in total. The number of nitrogens with zero attached hydrogens (tertiary/aromatic N) is 3. The molecule has 110 valence electrons. The maximum absolute atomic E-state index is 9.08. The highest BCUT2D eigenvalue weighted by atomic mass is 15.0. The van der Waals surface area contributed by atoms with Crippen LogP contribution in [0.4, 0.5) is 0 Å². The SMILES string of the molecule is CCc1cn2cc(C(CC#N)NCC3CCC3)ccc2n1. The molecule has 0 bridgehead atoms. The first-order chi connectivity index (χ1) is 10.3. The molecule has 1 aliphatic rings. The molecule has 0 radical (unpaired) electrons. The van der Waals surface area contributed by atoms with Gasteiger partial charge in [-0.25, -0.2) is 4.98 Å². The van der Waals surface area contributed by atoms with Crippen LogP contribution in [0.1, 0.15) is 49.9 Å². The lowest BCUT2D eigenvalue weighted by molar-refractivity contribution is 0.289. The molecule has 1 fully saturated rings. The van der Waals surface area contributed by atoms with Crippen LogP contribution in [0.15, 0.2) is 24.5 Å². The third kappa shape index (κ3) is 3.08. The first-order valence-electron chi connectivity index (χ1n) is 7.88. The Bertz CT molecular complexity index is 648. The monoisotopic (exact) mass is 282 g/mol. The summed E-state index contributed by atoms with van der Waals surface area (Å²) in [6.07, 6.45) is 9.65. The van der Waals surface area contributed by atoms with Gasteiger partial charge in [0.1, 0.15) is 5.65 Å². The molecule has 0 aromatic carbocycles. The summed E-state index contributed by atoms with van der Waals surface area (Å²) >= 11 is 0. The number of rotatable bonds is 6. The molecule has 21 heavy (non-hydrogen) atoms. The fourth-order valence-electron chi connectivity index (χ4n) is 2.84. The molecule has 1 atom stereocenters. The van der Waals surface area contributed by atoms with Crippen molar-refractivity contribution in [2.45, 2.75) is 45.1 Å². The zero-order valence-corrected chi connectivity index (χ0v) is 12.5. The highest BCUT2D eigenvalue weighted by Crippen LogP contribution is 2.27. The Morgan fingerprint density at radius 2 is 2.29 bits per heavy atom. The molecule has 1 aliphatic carbocycles. The summed E-state index contributed by atoms with van der Waals surface area (Å²) in [6.45, 7) is 3.13. The first-order valence-corrected chi connectivity index (χ1v) is 7.88. The Balaban J connectivity index is 1.78. The molecular weight excluding hydrogens is 260 g/mol. The predicted molar refractivity (Wildman–Crippen MR) is 82.9 cm³/mol. The van der Waals surface area contributed by atoms with Gasteiger partial charge in [-0.3, -0.25) is 0 Å². The third-order valence-electron chi connectivity index (χ3n) is 4.46. The van der Waals surface area contributed by atoms with Crippen LogP contribution in [0, 0.1) is 17.2 Å². The summed E-state index contributed by atoms with van der Waals surface area (Å²) in [5, 5.41) is 12.6. The van der Waals surface area contributed by atoms with E-state index in [2.05, 4.69) is 46.2 Å². The van der Waals surface area contributed by atoms with Crippen molar-refractivity contribution in [2.75, 3.05) is 6.54 Å². The number of aromatic nitrogens is 2. The summed E-state index contributed by atoms with van der Waals surface area (Å²) in [7, 11) is 0. The topological polar surface area (TPSA) is 53.1 Å². The molecule has 0 aliphatic heterocycles. The van der Waals surface area contributed by atoms with Gasteiger partial charge in [-0.05, 0) is 43.4 Å². The molecular formula is C17H22N4. The summed E-state index contributed by atoms with van der Waals surface area (Å²) < 4.78 is 2.07. The molecule has 0 amide bonds. The number of hydrogen-bond donors (Lipinski definition) is 1. The van der Waals surface area contributed by atoms with Crippen LogP contribution in [-0.2, 0) is 6.42 Å². The number of pyridine rings is 1. The van der Waals surface area contributed by atoms with Crippen molar-refractivity contribution in [1.29, 1.82) is 5.26 Å². The molecule has 0 saturated heterocycles. The zero-order chi connectivity index (χ0) is 14.7. The van der Waals surface area contributed by atoms with Crippen LogP contribution in [0.5, 0.6) is 0 Å². The molecule has 2 aromatic heterocycles. The quantitative estimate of drug-likeness (QED) is 0.885. The van der Waals surface area contributed by atoms with Gasteiger partial charge in [-0.2, -0.15) is 5.26 Å². The Kier molecular flexibility index (Phi) is 4.21. The lowest BCUT2D eigenvalue weighted by Crippen LogP contribution is -2.30. The van der Waals surface area contributed by atoms with Crippen LogP contribution in [0.2, 0.25) is 0 Å². The molecule has 1 unspecified atom stereocenters. The number of hydrogen-bond acceptors (Lipinski definition) is 3. The van der Waals surface area contributed by atoms with E-state index in [1.807, 2.05) is 6.07 Å². The van der Waals surface area contributed by atoms with Gasteiger partial charge in [0, 0.05) is 18.4 Å². The second-order valence-corrected chi connectivity index (χ2v) is 5.93. The van der Waals surface area contributed by atoms with Gasteiger partial charge in [0.2, 0.25) is 0 Å². The third-order valence-corrected chi connectivity index (χ3v) is 4.46. The summed E-state index contributed by atoms with van der Waals surface area (Å²) in [5.41, 5.74) is 3.25. The molecule has 0 spiro atoms. The van der Waals surface area contributed by atoms with Crippen molar-refractivity contribution in [3.63, 3.8) is 0 Å². The highest BCUT2D eigenvalue weighted by Gasteiger charge is 2.19. The van der Waals surface area contributed by atoms with Crippen molar-refractivity contribution in [3.8, 4) is 6.07 Å². The van der Waals surface area contributed by atoms with Crippen LogP contribution < -0.4 is 5.32 Å². The van der Waals surface area contributed by atoms with Gasteiger partial charge >= 0.3 is 0 Å². The number of fused-ring (bicyclic) bond motifs is 1. The first kappa shape index (κ1) is 14.1. The van der Waals surface area contributed by atoms with E-state index in [1.165, 1.54) is 24.8 Å². The smallest absolute Gasteiger partial charge is 0.136 e. The van der Waals surface area contributed by atoms with Crippen molar-refractivity contribution < 1.29 is 0 Å².